The van der Waals surface area contributed by atoms with Crippen LogP contribution in [0.3, 0.4) is 0 Å². The maximum Gasteiger partial charge on any atom is 0.276 e. The average Bonchev–Trinajstić information content (AvgIpc) is 3.44. The van der Waals surface area contributed by atoms with Gasteiger partial charge in [0.15, 0.2) is 5.11 Å². The van der Waals surface area contributed by atoms with E-state index in [9.17, 15) is 9.59 Å². The van der Waals surface area contributed by atoms with Gasteiger partial charge in [0.05, 0.1) is 11.6 Å². The number of rotatable bonds is 6. The van der Waals surface area contributed by atoms with Crippen LogP contribution in [0.1, 0.15) is 30.9 Å². The second kappa shape index (κ2) is 8.57. The lowest BCUT2D eigenvalue weighted by molar-refractivity contribution is -0.122. The van der Waals surface area contributed by atoms with E-state index in [1.165, 1.54) is 4.90 Å². The van der Waals surface area contributed by atoms with Gasteiger partial charge in [-0.25, -0.2) is 0 Å². The van der Waals surface area contributed by atoms with E-state index in [1.54, 1.807) is 13.1 Å². The molecule has 0 aliphatic carbocycles. The summed E-state index contributed by atoms with van der Waals surface area (Å²) in [6, 6.07) is 6.09. The molecule has 30 heavy (non-hydrogen) atoms. The highest BCUT2D eigenvalue weighted by Gasteiger charge is 2.27. The number of carbonyl (C=O) groups is 2. The lowest BCUT2D eigenvalue weighted by Gasteiger charge is -2.12. The highest BCUT2D eigenvalue weighted by Crippen LogP contribution is 2.28. The van der Waals surface area contributed by atoms with Crippen molar-refractivity contribution in [2.24, 2.45) is 0 Å². The van der Waals surface area contributed by atoms with Crippen molar-refractivity contribution in [3.05, 3.63) is 41.2 Å². The predicted molar refractivity (Wildman–Crippen MR) is 120 cm³/mol. The quantitative estimate of drug-likeness (QED) is 0.547. The molecular formula is C22H26N4O3S. The first kappa shape index (κ1) is 20.6. The van der Waals surface area contributed by atoms with Crippen molar-refractivity contribution in [2.45, 2.75) is 38.8 Å². The molecular weight excluding hydrogens is 400 g/mol. The van der Waals surface area contributed by atoms with Crippen LogP contribution < -0.4 is 10.6 Å². The van der Waals surface area contributed by atoms with Crippen molar-refractivity contribution in [2.75, 3.05) is 20.2 Å². The smallest absolute Gasteiger partial charge is 0.276 e. The monoisotopic (exact) mass is 426 g/mol. The molecule has 3 heterocycles. The molecule has 7 nitrogen and oxygen atoms in total. The summed E-state index contributed by atoms with van der Waals surface area (Å²) in [7, 11) is 1.65. The zero-order valence-corrected chi connectivity index (χ0v) is 18.1. The van der Waals surface area contributed by atoms with Gasteiger partial charge in [-0.15, -0.1) is 0 Å². The fourth-order valence-corrected chi connectivity index (χ4v) is 4.21. The Balaban J connectivity index is 1.63. The van der Waals surface area contributed by atoms with E-state index in [0.717, 1.165) is 47.9 Å². The van der Waals surface area contributed by atoms with Gasteiger partial charge >= 0.3 is 0 Å². The zero-order valence-electron chi connectivity index (χ0n) is 17.2. The number of nitrogens with one attached hydrogen (secondary N) is 2. The van der Waals surface area contributed by atoms with Gasteiger partial charge in [-0.2, -0.15) is 0 Å². The van der Waals surface area contributed by atoms with E-state index >= 15 is 0 Å². The molecule has 2 fully saturated rings. The van der Waals surface area contributed by atoms with Gasteiger partial charge in [0.25, 0.3) is 5.91 Å². The maximum atomic E-state index is 12.6. The van der Waals surface area contributed by atoms with Crippen LogP contribution >= 0.6 is 12.2 Å². The van der Waals surface area contributed by atoms with Gasteiger partial charge < -0.3 is 19.9 Å². The number of ether oxygens (including phenoxy) is 1. The van der Waals surface area contributed by atoms with E-state index in [4.69, 9.17) is 17.0 Å². The number of aromatic nitrogens is 1. The second-order valence-electron chi connectivity index (χ2n) is 7.67. The Morgan fingerprint density at radius 1 is 1.43 bits per heavy atom. The molecule has 1 atom stereocenters. The number of benzene rings is 1. The van der Waals surface area contributed by atoms with E-state index in [0.29, 0.717) is 17.4 Å². The number of aryl methyl sites for hydroxylation is 1. The summed E-state index contributed by atoms with van der Waals surface area (Å²) < 4.78 is 7.55. The van der Waals surface area contributed by atoms with Gasteiger partial charge in [0, 0.05) is 37.3 Å². The van der Waals surface area contributed by atoms with Crippen LogP contribution in [-0.2, 0) is 27.3 Å². The fourth-order valence-electron chi connectivity index (χ4n) is 4.01. The number of para-hydroxylation sites is 1. The molecule has 0 spiro atoms. The van der Waals surface area contributed by atoms with Gasteiger partial charge in [-0.3, -0.25) is 14.5 Å². The number of amides is 2. The molecule has 1 aromatic heterocycles. The lowest BCUT2D eigenvalue weighted by Crippen LogP contribution is -2.34. The molecule has 0 bridgehead atoms. The second-order valence-corrected chi connectivity index (χ2v) is 8.06. The Kier molecular flexibility index (Phi) is 5.87. The van der Waals surface area contributed by atoms with E-state index in [2.05, 4.69) is 23.6 Å². The highest BCUT2D eigenvalue weighted by molar-refractivity contribution is 7.80. The summed E-state index contributed by atoms with van der Waals surface area (Å²) in [6.07, 6.45) is 6.73. The van der Waals surface area contributed by atoms with Crippen LogP contribution in [0.2, 0.25) is 0 Å². The largest absolute Gasteiger partial charge is 0.376 e. The molecule has 1 unspecified atom stereocenters. The first-order chi connectivity index (χ1) is 14.5. The number of fused-ring (bicyclic) bond motifs is 1. The van der Waals surface area contributed by atoms with Crippen molar-refractivity contribution in [1.82, 2.24) is 20.1 Å². The van der Waals surface area contributed by atoms with Crippen molar-refractivity contribution < 1.29 is 14.3 Å². The third-order valence-electron chi connectivity index (χ3n) is 5.64. The molecule has 1 aromatic carbocycles. The van der Waals surface area contributed by atoms with E-state index in [1.807, 2.05) is 22.9 Å². The average molecular weight is 427 g/mol. The minimum absolute atomic E-state index is 0.0523. The number of carbonyl (C=O) groups excluding carboxylic acids is 2. The van der Waals surface area contributed by atoms with Crippen molar-refractivity contribution in [1.29, 1.82) is 0 Å². The summed E-state index contributed by atoms with van der Waals surface area (Å²) in [5.41, 5.74) is 3.48. The molecule has 2 aromatic rings. The summed E-state index contributed by atoms with van der Waals surface area (Å²) in [5, 5.41) is 7.34. The van der Waals surface area contributed by atoms with Gasteiger partial charge in [-0.1, -0.05) is 25.1 Å². The molecule has 2 aliphatic heterocycles. The fraction of sp³-hybridized carbons (Fsp3) is 0.409. The summed E-state index contributed by atoms with van der Waals surface area (Å²) in [5.74, 6) is -0.217. The molecule has 158 valence electrons. The van der Waals surface area contributed by atoms with Gasteiger partial charge in [-0.05, 0) is 43.1 Å². The minimum Gasteiger partial charge on any atom is -0.376 e. The topological polar surface area (TPSA) is 75.6 Å². The summed E-state index contributed by atoms with van der Waals surface area (Å²) in [4.78, 5) is 26.4. The van der Waals surface area contributed by atoms with Gasteiger partial charge in [0.2, 0.25) is 5.91 Å². The Morgan fingerprint density at radius 2 is 2.27 bits per heavy atom. The molecule has 2 N–H and O–H groups in total. The molecule has 8 heteroatoms. The van der Waals surface area contributed by atoms with E-state index < -0.39 is 0 Å². The van der Waals surface area contributed by atoms with Crippen LogP contribution in [0.4, 0.5) is 0 Å². The number of hydrogen-bond acceptors (Lipinski definition) is 4. The predicted octanol–water partition coefficient (Wildman–Crippen LogP) is 2.19. The maximum absolute atomic E-state index is 12.6. The Hall–Kier alpha value is -2.71. The molecule has 0 radical (unpaired) electrons. The number of nitrogens with zero attached hydrogens (tertiary/aromatic N) is 2. The Labute approximate surface area is 181 Å². The Morgan fingerprint density at radius 3 is 2.93 bits per heavy atom. The van der Waals surface area contributed by atoms with Crippen molar-refractivity contribution in [3.63, 3.8) is 0 Å². The standard InChI is InChI=1S/C22H26N4O3S/c1-3-14-6-4-8-17-15(10-18-21(28)25(2)22(30)24-18)12-26(20(14)17)13-19(27)23-11-16-7-5-9-29-16/h4,6,8,10,12,16H,3,5,7,9,11,13H2,1-2H3,(H,23,27)(H,24,30)/b18-10-. The van der Waals surface area contributed by atoms with E-state index in [-0.39, 0.29) is 24.5 Å². The molecule has 0 saturated carbocycles. The first-order valence-electron chi connectivity index (χ1n) is 10.3. The number of hydrogen-bond donors (Lipinski definition) is 2. The molecule has 2 amide bonds. The molecule has 2 saturated heterocycles. The zero-order chi connectivity index (χ0) is 21.3. The molecule has 2 aliphatic rings. The van der Waals surface area contributed by atoms with Crippen LogP contribution in [0.15, 0.2) is 30.1 Å². The third kappa shape index (κ3) is 3.97. The van der Waals surface area contributed by atoms with Crippen LogP contribution in [0.5, 0.6) is 0 Å². The minimum atomic E-state index is -0.165. The van der Waals surface area contributed by atoms with Crippen molar-refractivity contribution in [3.8, 4) is 0 Å². The normalized spacial score (nSPS) is 20.4. The van der Waals surface area contributed by atoms with Gasteiger partial charge in [0.1, 0.15) is 12.2 Å². The lowest BCUT2D eigenvalue weighted by atomic mass is 10.1. The first-order valence-corrected chi connectivity index (χ1v) is 10.7. The van der Waals surface area contributed by atoms with Crippen LogP contribution in [-0.4, -0.2) is 52.7 Å². The number of thiocarbonyl (C=S) groups is 1. The van der Waals surface area contributed by atoms with Crippen molar-refractivity contribution >= 4 is 46.1 Å². The SMILES string of the molecule is CCc1cccc2c(/C=C3\NC(=S)N(C)C3=O)cn(CC(=O)NCC3CCCO3)c12. The third-order valence-corrected chi connectivity index (χ3v) is 6.02. The van der Waals surface area contributed by atoms with Crippen LogP contribution in [0.25, 0.3) is 17.0 Å². The summed E-state index contributed by atoms with van der Waals surface area (Å²) in [6.45, 7) is 3.62. The highest BCUT2D eigenvalue weighted by atomic mass is 32.1. The van der Waals surface area contributed by atoms with Crippen LogP contribution in [0, 0.1) is 0 Å². The molecule has 4 rings (SSSR count). The summed E-state index contributed by atoms with van der Waals surface area (Å²) >= 11 is 5.17. The Bertz CT molecular complexity index is 1040. The number of likely N-dealkylation sites (N-methyl/N-ethyl adjacent to an activating group) is 1.